The molecular weight excluding hydrogens is 308 g/mol. The normalized spacial score (nSPS) is 14.0. The van der Waals surface area contributed by atoms with Crippen LogP contribution in [0.15, 0.2) is 40.1 Å². The number of fused-ring (bicyclic) bond motifs is 3. The molecule has 5 nitrogen and oxygen atoms in total. The average Bonchev–Trinajstić information content (AvgIpc) is 2.94. The molecule has 1 N–H and O–H groups in total. The molecule has 1 aliphatic rings. The SMILES string of the molecule is COc1nn2c3c(c(C)nc2c1Sc1ccccc1)CNCC3. The van der Waals surface area contributed by atoms with Crippen LogP contribution < -0.4 is 10.1 Å². The van der Waals surface area contributed by atoms with E-state index >= 15 is 0 Å². The van der Waals surface area contributed by atoms with Crippen molar-refractivity contribution in [3.05, 3.63) is 47.3 Å². The van der Waals surface area contributed by atoms with Gasteiger partial charge in [0.15, 0.2) is 5.65 Å². The highest BCUT2D eigenvalue weighted by atomic mass is 32.2. The fourth-order valence-corrected chi connectivity index (χ4v) is 3.92. The molecule has 0 atom stereocenters. The maximum absolute atomic E-state index is 5.53. The van der Waals surface area contributed by atoms with Crippen LogP contribution in [0.4, 0.5) is 0 Å². The third kappa shape index (κ3) is 2.48. The summed E-state index contributed by atoms with van der Waals surface area (Å²) in [6, 6.07) is 10.3. The zero-order chi connectivity index (χ0) is 15.8. The van der Waals surface area contributed by atoms with Gasteiger partial charge in [0.25, 0.3) is 0 Å². The number of nitrogens with zero attached hydrogens (tertiary/aromatic N) is 3. The molecule has 0 saturated heterocycles. The summed E-state index contributed by atoms with van der Waals surface area (Å²) in [6.07, 6.45) is 0.954. The molecule has 6 heteroatoms. The maximum Gasteiger partial charge on any atom is 0.249 e. The van der Waals surface area contributed by atoms with Gasteiger partial charge >= 0.3 is 0 Å². The van der Waals surface area contributed by atoms with Gasteiger partial charge in [-0.15, -0.1) is 5.10 Å². The quantitative estimate of drug-likeness (QED) is 0.802. The number of benzene rings is 1. The van der Waals surface area contributed by atoms with Crippen LogP contribution in [0, 0.1) is 6.92 Å². The van der Waals surface area contributed by atoms with Gasteiger partial charge in [-0.25, -0.2) is 9.50 Å². The van der Waals surface area contributed by atoms with Crippen molar-refractivity contribution in [1.29, 1.82) is 0 Å². The molecule has 0 saturated carbocycles. The average molecular weight is 326 g/mol. The fraction of sp³-hybridized carbons (Fsp3) is 0.294. The Bertz CT molecular complexity index is 860. The zero-order valence-electron chi connectivity index (χ0n) is 13.2. The molecule has 2 aromatic heterocycles. The van der Waals surface area contributed by atoms with Gasteiger partial charge in [0.2, 0.25) is 5.88 Å². The van der Waals surface area contributed by atoms with E-state index in [9.17, 15) is 0 Å². The highest BCUT2D eigenvalue weighted by molar-refractivity contribution is 7.99. The molecule has 0 aliphatic carbocycles. The smallest absolute Gasteiger partial charge is 0.249 e. The second kappa shape index (κ2) is 5.86. The topological polar surface area (TPSA) is 51.5 Å². The summed E-state index contributed by atoms with van der Waals surface area (Å²) in [6.45, 7) is 3.89. The van der Waals surface area contributed by atoms with Gasteiger partial charge in [0.1, 0.15) is 4.90 Å². The van der Waals surface area contributed by atoms with Crippen molar-refractivity contribution < 1.29 is 4.74 Å². The molecule has 1 aliphatic heterocycles. The van der Waals surface area contributed by atoms with E-state index in [-0.39, 0.29) is 0 Å². The standard InChI is InChI=1S/C17H18N4OS/c1-11-13-10-18-9-8-14(13)21-16(19-11)15(17(20-21)22-2)23-12-6-4-3-5-7-12/h3-7,18H,8-10H2,1-2H3. The minimum absolute atomic E-state index is 0.637. The molecule has 0 amide bonds. The molecule has 0 unspecified atom stereocenters. The first-order chi connectivity index (χ1) is 11.3. The largest absolute Gasteiger partial charge is 0.479 e. The maximum atomic E-state index is 5.53. The third-order valence-corrected chi connectivity index (χ3v) is 5.17. The number of hydrogen-bond acceptors (Lipinski definition) is 5. The molecule has 0 spiro atoms. The van der Waals surface area contributed by atoms with E-state index in [1.165, 1.54) is 11.3 Å². The lowest BCUT2D eigenvalue weighted by atomic mass is 10.1. The van der Waals surface area contributed by atoms with E-state index < -0.39 is 0 Å². The van der Waals surface area contributed by atoms with E-state index in [1.54, 1.807) is 18.9 Å². The first-order valence-electron chi connectivity index (χ1n) is 7.66. The van der Waals surface area contributed by atoms with Gasteiger partial charge < -0.3 is 10.1 Å². The highest BCUT2D eigenvalue weighted by Gasteiger charge is 2.23. The van der Waals surface area contributed by atoms with Gasteiger partial charge in [-0.2, -0.15) is 0 Å². The van der Waals surface area contributed by atoms with Crippen LogP contribution in [0.3, 0.4) is 0 Å². The highest BCUT2D eigenvalue weighted by Crippen LogP contribution is 2.38. The van der Waals surface area contributed by atoms with Crippen molar-refractivity contribution in [2.24, 2.45) is 0 Å². The lowest BCUT2D eigenvalue weighted by molar-refractivity contribution is 0.385. The Kier molecular flexibility index (Phi) is 3.71. The van der Waals surface area contributed by atoms with Gasteiger partial charge in [-0.05, 0) is 19.1 Å². The minimum Gasteiger partial charge on any atom is -0.479 e. The second-order valence-corrected chi connectivity index (χ2v) is 6.62. The van der Waals surface area contributed by atoms with Crippen LogP contribution in [0.25, 0.3) is 5.65 Å². The number of hydrogen-bond donors (Lipinski definition) is 1. The lowest BCUT2D eigenvalue weighted by Gasteiger charge is -2.19. The first kappa shape index (κ1) is 14.5. The monoisotopic (exact) mass is 326 g/mol. The summed E-state index contributed by atoms with van der Waals surface area (Å²) in [5, 5.41) is 8.07. The van der Waals surface area contributed by atoms with E-state index in [0.717, 1.165) is 40.6 Å². The molecule has 23 heavy (non-hydrogen) atoms. The first-order valence-corrected chi connectivity index (χ1v) is 8.48. The van der Waals surface area contributed by atoms with Crippen LogP contribution in [0.2, 0.25) is 0 Å². The molecule has 0 bridgehead atoms. The van der Waals surface area contributed by atoms with Crippen molar-refractivity contribution in [2.75, 3.05) is 13.7 Å². The summed E-state index contributed by atoms with van der Waals surface area (Å²) in [5.74, 6) is 0.637. The Labute approximate surface area is 139 Å². The molecule has 1 aromatic carbocycles. The molecule has 0 radical (unpaired) electrons. The van der Waals surface area contributed by atoms with Gasteiger partial charge in [-0.3, -0.25) is 0 Å². The van der Waals surface area contributed by atoms with Crippen molar-refractivity contribution in [2.45, 2.75) is 29.7 Å². The van der Waals surface area contributed by atoms with Crippen LogP contribution >= 0.6 is 11.8 Å². The molecule has 0 fully saturated rings. The third-order valence-electron chi connectivity index (χ3n) is 4.10. The van der Waals surface area contributed by atoms with Crippen LogP contribution in [-0.2, 0) is 13.0 Å². The number of rotatable bonds is 3. The summed E-state index contributed by atoms with van der Waals surface area (Å²) >= 11 is 1.65. The number of ether oxygens (including phenoxy) is 1. The predicted octanol–water partition coefficient (Wildman–Crippen LogP) is 2.84. The second-order valence-electron chi connectivity index (χ2n) is 5.54. The van der Waals surface area contributed by atoms with Crippen LogP contribution in [0.5, 0.6) is 5.88 Å². The van der Waals surface area contributed by atoms with E-state index in [2.05, 4.69) is 29.5 Å². The molecule has 4 rings (SSSR count). The Morgan fingerprint density at radius 1 is 1.26 bits per heavy atom. The fourth-order valence-electron chi connectivity index (χ4n) is 2.96. The van der Waals surface area contributed by atoms with Crippen molar-refractivity contribution in [1.82, 2.24) is 19.9 Å². The Balaban J connectivity index is 1.91. The predicted molar refractivity (Wildman–Crippen MR) is 90.3 cm³/mol. The molecular formula is C17H18N4OS. The van der Waals surface area contributed by atoms with Crippen molar-refractivity contribution >= 4 is 17.4 Å². The van der Waals surface area contributed by atoms with E-state index in [4.69, 9.17) is 9.72 Å². The number of methoxy groups -OCH3 is 1. The van der Waals surface area contributed by atoms with Crippen molar-refractivity contribution in [3.8, 4) is 5.88 Å². The van der Waals surface area contributed by atoms with Gasteiger partial charge in [-0.1, -0.05) is 30.0 Å². The van der Waals surface area contributed by atoms with Crippen LogP contribution in [-0.4, -0.2) is 28.3 Å². The minimum atomic E-state index is 0.637. The molecule has 3 heterocycles. The van der Waals surface area contributed by atoms with Crippen LogP contribution in [0.1, 0.15) is 17.0 Å². The lowest BCUT2D eigenvalue weighted by Crippen LogP contribution is -2.27. The number of nitrogens with one attached hydrogen (secondary N) is 1. The summed E-state index contributed by atoms with van der Waals surface area (Å²) in [7, 11) is 1.66. The summed E-state index contributed by atoms with van der Waals surface area (Å²) < 4.78 is 7.49. The molecule has 3 aromatic rings. The Morgan fingerprint density at radius 2 is 2.09 bits per heavy atom. The van der Waals surface area contributed by atoms with Gasteiger partial charge in [0.05, 0.1) is 12.8 Å². The summed E-state index contributed by atoms with van der Waals surface area (Å²) in [4.78, 5) is 6.94. The molecule has 118 valence electrons. The number of aryl methyl sites for hydroxylation is 1. The van der Waals surface area contributed by atoms with Crippen molar-refractivity contribution in [3.63, 3.8) is 0 Å². The van der Waals surface area contributed by atoms with E-state index in [1.807, 2.05) is 22.7 Å². The number of aromatic nitrogens is 3. The Hall–Kier alpha value is -2.05. The Morgan fingerprint density at radius 3 is 2.87 bits per heavy atom. The van der Waals surface area contributed by atoms with E-state index in [0.29, 0.717) is 5.88 Å². The summed E-state index contributed by atoms with van der Waals surface area (Å²) in [5.41, 5.74) is 4.45. The zero-order valence-corrected chi connectivity index (χ0v) is 14.0. The van der Waals surface area contributed by atoms with Gasteiger partial charge in [0, 0.05) is 35.7 Å².